The van der Waals surface area contributed by atoms with Gasteiger partial charge in [0.25, 0.3) is 0 Å². The van der Waals surface area contributed by atoms with Crippen molar-refractivity contribution in [3.8, 4) is 0 Å². The van der Waals surface area contributed by atoms with Crippen molar-refractivity contribution in [1.82, 2.24) is 9.80 Å². The van der Waals surface area contributed by atoms with Gasteiger partial charge in [-0.15, -0.1) is 0 Å². The van der Waals surface area contributed by atoms with Gasteiger partial charge >= 0.3 is 0 Å². The van der Waals surface area contributed by atoms with Crippen molar-refractivity contribution in [2.75, 3.05) is 32.7 Å². The lowest BCUT2D eigenvalue weighted by Crippen LogP contribution is -2.55. The van der Waals surface area contributed by atoms with E-state index in [4.69, 9.17) is 5.73 Å². The predicted octanol–water partition coefficient (Wildman–Crippen LogP) is 2.17. The molecule has 3 heteroatoms. The van der Waals surface area contributed by atoms with Crippen LogP contribution in [0.15, 0.2) is 0 Å². The second-order valence-corrected chi connectivity index (χ2v) is 7.40. The highest BCUT2D eigenvalue weighted by atomic mass is 15.3. The van der Waals surface area contributed by atoms with Gasteiger partial charge in [0.05, 0.1) is 0 Å². The lowest BCUT2D eigenvalue weighted by Gasteiger charge is -2.46. The highest BCUT2D eigenvalue weighted by Gasteiger charge is 2.37. The SMILES string of the molecule is CCN1CCN(CC2CCCC(C)(C)C2N)CC1C. The number of nitrogens with zero attached hydrogens (tertiary/aromatic N) is 2. The van der Waals surface area contributed by atoms with Gasteiger partial charge in [-0.3, -0.25) is 4.90 Å². The van der Waals surface area contributed by atoms with Gasteiger partial charge < -0.3 is 10.6 Å². The largest absolute Gasteiger partial charge is 0.327 e. The lowest BCUT2D eigenvalue weighted by atomic mass is 9.68. The number of hydrogen-bond donors (Lipinski definition) is 1. The molecule has 19 heavy (non-hydrogen) atoms. The minimum absolute atomic E-state index is 0.333. The maximum absolute atomic E-state index is 6.52. The van der Waals surface area contributed by atoms with E-state index in [1.807, 2.05) is 0 Å². The fraction of sp³-hybridized carbons (Fsp3) is 1.00. The molecular weight excluding hydrogens is 234 g/mol. The minimum atomic E-state index is 0.333. The summed E-state index contributed by atoms with van der Waals surface area (Å²) in [6.45, 7) is 15.4. The van der Waals surface area contributed by atoms with Crippen molar-refractivity contribution < 1.29 is 0 Å². The summed E-state index contributed by atoms with van der Waals surface area (Å²) >= 11 is 0. The summed E-state index contributed by atoms with van der Waals surface area (Å²) in [6.07, 6.45) is 3.98. The van der Waals surface area contributed by atoms with Crippen LogP contribution in [0.5, 0.6) is 0 Å². The Labute approximate surface area is 119 Å². The van der Waals surface area contributed by atoms with E-state index in [9.17, 15) is 0 Å². The summed E-state index contributed by atoms with van der Waals surface area (Å²) in [5, 5.41) is 0. The van der Waals surface area contributed by atoms with Crippen molar-refractivity contribution in [3.05, 3.63) is 0 Å². The van der Waals surface area contributed by atoms with E-state index in [0.29, 0.717) is 23.4 Å². The van der Waals surface area contributed by atoms with Crippen LogP contribution in [0.4, 0.5) is 0 Å². The van der Waals surface area contributed by atoms with Crippen molar-refractivity contribution >= 4 is 0 Å². The van der Waals surface area contributed by atoms with Gasteiger partial charge in [0.1, 0.15) is 0 Å². The Hall–Kier alpha value is -0.120. The maximum Gasteiger partial charge on any atom is 0.0195 e. The molecule has 0 amide bonds. The average molecular weight is 267 g/mol. The molecule has 0 aromatic carbocycles. The maximum atomic E-state index is 6.52. The topological polar surface area (TPSA) is 32.5 Å². The molecule has 1 saturated heterocycles. The number of hydrogen-bond acceptors (Lipinski definition) is 3. The third kappa shape index (κ3) is 3.50. The van der Waals surface area contributed by atoms with Gasteiger partial charge in [0.15, 0.2) is 0 Å². The van der Waals surface area contributed by atoms with Crippen LogP contribution in [0.3, 0.4) is 0 Å². The monoisotopic (exact) mass is 267 g/mol. The fourth-order valence-electron chi connectivity index (χ4n) is 4.05. The first kappa shape index (κ1) is 15.3. The molecule has 0 aromatic heterocycles. The second-order valence-electron chi connectivity index (χ2n) is 7.40. The Morgan fingerprint density at radius 1 is 1.26 bits per heavy atom. The molecule has 2 fully saturated rings. The fourth-order valence-corrected chi connectivity index (χ4v) is 4.05. The summed E-state index contributed by atoms with van der Waals surface area (Å²) < 4.78 is 0. The summed E-state index contributed by atoms with van der Waals surface area (Å²) in [5.41, 5.74) is 6.86. The van der Waals surface area contributed by atoms with E-state index in [-0.39, 0.29) is 0 Å². The van der Waals surface area contributed by atoms with E-state index >= 15 is 0 Å². The quantitative estimate of drug-likeness (QED) is 0.850. The third-order valence-electron chi connectivity index (χ3n) is 5.55. The van der Waals surface area contributed by atoms with Crippen LogP contribution in [0.1, 0.15) is 47.0 Å². The molecule has 1 aliphatic carbocycles. The molecule has 0 bridgehead atoms. The molecule has 1 saturated carbocycles. The molecule has 1 heterocycles. The summed E-state index contributed by atoms with van der Waals surface area (Å²) in [4.78, 5) is 5.24. The summed E-state index contributed by atoms with van der Waals surface area (Å²) in [7, 11) is 0. The zero-order valence-corrected chi connectivity index (χ0v) is 13.4. The molecule has 0 aromatic rings. The molecule has 1 aliphatic heterocycles. The van der Waals surface area contributed by atoms with Crippen molar-refractivity contribution in [3.63, 3.8) is 0 Å². The number of nitrogens with two attached hydrogens (primary N) is 1. The lowest BCUT2D eigenvalue weighted by molar-refractivity contribution is 0.0499. The Balaban J connectivity index is 1.88. The zero-order chi connectivity index (χ0) is 14.0. The van der Waals surface area contributed by atoms with Crippen LogP contribution < -0.4 is 5.73 Å². The van der Waals surface area contributed by atoms with Crippen LogP contribution in [0.2, 0.25) is 0 Å². The van der Waals surface area contributed by atoms with E-state index in [2.05, 4.69) is 37.5 Å². The Morgan fingerprint density at radius 3 is 2.63 bits per heavy atom. The standard InChI is InChI=1S/C16H33N3/c1-5-19-10-9-18(11-13(19)2)12-14-7-6-8-16(3,4)15(14)17/h13-15H,5-12,17H2,1-4H3. The first-order valence-electron chi connectivity index (χ1n) is 8.16. The van der Waals surface area contributed by atoms with Gasteiger partial charge in [-0.2, -0.15) is 0 Å². The molecular formula is C16H33N3. The van der Waals surface area contributed by atoms with E-state index in [1.54, 1.807) is 0 Å². The van der Waals surface area contributed by atoms with Gasteiger partial charge in [0, 0.05) is 38.3 Å². The molecule has 3 nitrogen and oxygen atoms in total. The molecule has 2 N–H and O–H groups in total. The first-order valence-corrected chi connectivity index (χ1v) is 8.16. The Kier molecular flexibility index (Phi) is 4.91. The number of likely N-dealkylation sites (N-methyl/N-ethyl adjacent to an activating group) is 1. The first-order chi connectivity index (χ1) is 8.94. The Morgan fingerprint density at radius 2 is 2.00 bits per heavy atom. The highest BCUT2D eigenvalue weighted by Crippen LogP contribution is 2.38. The van der Waals surface area contributed by atoms with Gasteiger partial charge in [0.2, 0.25) is 0 Å². The molecule has 3 unspecified atom stereocenters. The normalized spacial score (nSPS) is 37.4. The molecule has 112 valence electrons. The minimum Gasteiger partial charge on any atom is -0.327 e. The molecule has 0 spiro atoms. The zero-order valence-electron chi connectivity index (χ0n) is 13.4. The van der Waals surface area contributed by atoms with Crippen LogP contribution in [-0.2, 0) is 0 Å². The van der Waals surface area contributed by atoms with Crippen molar-refractivity contribution in [2.45, 2.75) is 59.0 Å². The van der Waals surface area contributed by atoms with Gasteiger partial charge in [-0.25, -0.2) is 0 Å². The second kappa shape index (κ2) is 6.11. The predicted molar refractivity (Wildman–Crippen MR) is 82.2 cm³/mol. The van der Waals surface area contributed by atoms with Crippen LogP contribution in [0.25, 0.3) is 0 Å². The van der Waals surface area contributed by atoms with E-state index in [1.165, 1.54) is 52.0 Å². The van der Waals surface area contributed by atoms with E-state index < -0.39 is 0 Å². The molecule has 3 atom stereocenters. The van der Waals surface area contributed by atoms with Crippen LogP contribution in [-0.4, -0.2) is 54.6 Å². The highest BCUT2D eigenvalue weighted by molar-refractivity contribution is 4.93. The number of rotatable bonds is 3. The summed E-state index contributed by atoms with van der Waals surface area (Å²) in [5.74, 6) is 0.698. The molecule has 2 aliphatic rings. The van der Waals surface area contributed by atoms with E-state index in [0.717, 1.165) is 0 Å². The van der Waals surface area contributed by atoms with Crippen LogP contribution >= 0.6 is 0 Å². The van der Waals surface area contributed by atoms with Crippen molar-refractivity contribution in [1.29, 1.82) is 0 Å². The van der Waals surface area contributed by atoms with Gasteiger partial charge in [-0.05, 0) is 37.6 Å². The molecule has 0 radical (unpaired) electrons. The van der Waals surface area contributed by atoms with Gasteiger partial charge in [-0.1, -0.05) is 27.2 Å². The Bertz CT molecular complexity index is 290. The summed E-state index contributed by atoms with van der Waals surface area (Å²) in [6, 6.07) is 1.08. The third-order valence-corrected chi connectivity index (χ3v) is 5.55. The smallest absolute Gasteiger partial charge is 0.0195 e. The average Bonchev–Trinajstić information content (AvgIpc) is 2.35. The molecule has 2 rings (SSSR count). The van der Waals surface area contributed by atoms with Crippen LogP contribution in [0, 0.1) is 11.3 Å². The van der Waals surface area contributed by atoms with Crippen molar-refractivity contribution in [2.24, 2.45) is 17.1 Å². The number of piperazine rings is 1.